The lowest BCUT2D eigenvalue weighted by Crippen LogP contribution is -2.41. The third-order valence-electron chi connectivity index (χ3n) is 5.34. The van der Waals surface area contributed by atoms with E-state index in [0.717, 1.165) is 36.3 Å². The number of hydrogen-bond acceptors (Lipinski definition) is 5. The molecule has 2 aromatic rings. The second kappa shape index (κ2) is 9.53. The molecule has 2 aromatic carbocycles. The van der Waals surface area contributed by atoms with E-state index in [4.69, 9.17) is 0 Å². The highest BCUT2D eigenvalue weighted by Gasteiger charge is 2.18. The van der Waals surface area contributed by atoms with Gasteiger partial charge in [-0.2, -0.15) is 0 Å². The summed E-state index contributed by atoms with van der Waals surface area (Å²) in [5.41, 5.74) is 9.24. The highest BCUT2D eigenvalue weighted by Crippen LogP contribution is 2.21. The number of nitrogens with zero attached hydrogens (tertiary/aromatic N) is 1. The number of amides is 1. The van der Waals surface area contributed by atoms with Crippen molar-refractivity contribution in [2.75, 3.05) is 17.8 Å². The van der Waals surface area contributed by atoms with Crippen molar-refractivity contribution in [1.29, 1.82) is 0 Å². The number of anilines is 1. The number of sulfonamides is 1. The van der Waals surface area contributed by atoms with E-state index in [-0.39, 0.29) is 10.5 Å². The smallest absolute Gasteiger partial charge is 0.269 e. The Kier molecular flexibility index (Phi) is 7.02. The van der Waals surface area contributed by atoms with Crippen molar-refractivity contribution in [3.05, 3.63) is 70.9 Å². The van der Waals surface area contributed by atoms with Crippen molar-refractivity contribution >= 4 is 21.6 Å². The molecule has 1 heterocycles. The van der Waals surface area contributed by atoms with Gasteiger partial charge >= 0.3 is 0 Å². The van der Waals surface area contributed by atoms with Gasteiger partial charge in [0.1, 0.15) is 0 Å². The van der Waals surface area contributed by atoms with Crippen molar-refractivity contribution in [2.45, 2.75) is 45.1 Å². The molecule has 0 bridgehead atoms. The van der Waals surface area contributed by atoms with Crippen molar-refractivity contribution in [1.82, 2.24) is 15.8 Å². The maximum absolute atomic E-state index is 12.8. The summed E-state index contributed by atoms with van der Waals surface area (Å²) in [5, 5.41) is 0. The first kappa shape index (κ1) is 22.8. The van der Waals surface area contributed by atoms with Gasteiger partial charge in [-0.05, 0) is 63.6 Å². The second-order valence-electron chi connectivity index (χ2n) is 8.10. The van der Waals surface area contributed by atoms with Crippen LogP contribution in [0.15, 0.2) is 59.1 Å². The van der Waals surface area contributed by atoms with Crippen LogP contribution >= 0.6 is 0 Å². The Labute approximate surface area is 184 Å². The van der Waals surface area contributed by atoms with E-state index >= 15 is 0 Å². The van der Waals surface area contributed by atoms with Crippen LogP contribution in [0.1, 0.15) is 41.8 Å². The van der Waals surface area contributed by atoms with E-state index < -0.39 is 15.9 Å². The van der Waals surface area contributed by atoms with Gasteiger partial charge in [-0.15, -0.1) is 0 Å². The van der Waals surface area contributed by atoms with E-state index in [0.29, 0.717) is 11.7 Å². The van der Waals surface area contributed by atoms with Gasteiger partial charge in [-0.1, -0.05) is 23.8 Å². The van der Waals surface area contributed by atoms with Gasteiger partial charge < -0.3 is 5.43 Å². The van der Waals surface area contributed by atoms with Gasteiger partial charge in [-0.3, -0.25) is 19.8 Å². The molecule has 1 amide bonds. The van der Waals surface area contributed by atoms with Crippen LogP contribution < -0.4 is 15.6 Å². The normalized spacial score (nSPS) is 14.8. The van der Waals surface area contributed by atoms with Gasteiger partial charge in [0.25, 0.3) is 15.9 Å². The first-order valence-electron chi connectivity index (χ1n) is 10.4. The summed E-state index contributed by atoms with van der Waals surface area (Å²) in [6.45, 7) is 9.86. The standard InChI is InChI=1S/C23H30N4O3S/c1-16(2)27-12-10-20(11-13-27)24-25-23(28)19-6-5-7-21(15-19)31(29,30)26-22-9-8-17(3)14-18(22)4/h5-10,14-16,24,26H,11-13H2,1-4H3,(H,25,28). The van der Waals surface area contributed by atoms with Crippen LogP contribution in [0, 0.1) is 13.8 Å². The summed E-state index contributed by atoms with van der Waals surface area (Å²) in [6.07, 6.45) is 2.87. The summed E-state index contributed by atoms with van der Waals surface area (Å²) < 4.78 is 28.3. The molecule has 0 radical (unpaired) electrons. The predicted molar refractivity (Wildman–Crippen MR) is 123 cm³/mol. The molecule has 3 N–H and O–H groups in total. The lowest BCUT2D eigenvalue weighted by Gasteiger charge is -2.29. The summed E-state index contributed by atoms with van der Waals surface area (Å²) in [5.74, 6) is -0.393. The minimum absolute atomic E-state index is 0.0320. The largest absolute Gasteiger partial charge is 0.303 e. The Balaban J connectivity index is 1.67. The Bertz CT molecular complexity index is 1090. The molecule has 0 saturated heterocycles. The van der Waals surface area contributed by atoms with Crippen molar-refractivity contribution in [3.63, 3.8) is 0 Å². The molecule has 0 aromatic heterocycles. The lowest BCUT2D eigenvalue weighted by molar-refractivity contribution is 0.0936. The van der Waals surface area contributed by atoms with Gasteiger partial charge in [0.2, 0.25) is 0 Å². The second-order valence-corrected chi connectivity index (χ2v) is 9.78. The van der Waals surface area contributed by atoms with Crippen LogP contribution in [0.25, 0.3) is 0 Å². The fraction of sp³-hybridized carbons (Fsp3) is 0.348. The molecule has 3 rings (SSSR count). The van der Waals surface area contributed by atoms with Gasteiger partial charge in [-0.25, -0.2) is 8.42 Å². The third kappa shape index (κ3) is 5.86. The van der Waals surface area contributed by atoms with Crippen LogP contribution in [0.4, 0.5) is 5.69 Å². The molecule has 0 saturated carbocycles. The third-order valence-corrected chi connectivity index (χ3v) is 6.70. The summed E-state index contributed by atoms with van der Waals surface area (Å²) in [7, 11) is -3.82. The molecular weight excluding hydrogens is 412 g/mol. The molecule has 31 heavy (non-hydrogen) atoms. The average molecular weight is 443 g/mol. The molecule has 0 fully saturated rings. The van der Waals surface area contributed by atoms with Gasteiger partial charge in [0.15, 0.2) is 0 Å². The zero-order valence-corrected chi connectivity index (χ0v) is 19.2. The minimum Gasteiger partial charge on any atom is -0.303 e. The van der Waals surface area contributed by atoms with Gasteiger partial charge in [0, 0.05) is 36.8 Å². The van der Waals surface area contributed by atoms with Crippen LogP contribution in [0.2, 0.25) is 0 Å². The lowest BCUT2D eigenvalue weighted by atomic mass is 10.1. The summed E-state index contributed by atoms with van der Waals surface area (Å²) in [6, 6.07) is 12.0. The maximum atomic E-state index is 12.8. The van der Waals surface area contributed by atoms with Crippen molar-refractivity contribution in [2.24, 2.45) is 0 Å². The summed E-state index contributed by atoms with van der Waals surface area (Å²) in [4.78, 5) is 14.9. The highest BCUT2D eigenvalue weighted by atomic mass is 32.2. The average Bonchev–Trinajstić information content (AvgIpc) is 2.74. The maximum Gasteiger partial charge on any atom is 0.269 e. The summed E-state index contributed by atoms with van der Waals surface area (Å²) >= 11 is 0. The van der Waals surface area contributed by atoms with Crippen LogP contribution in [-0.2, 0) is 10.0 Å². The Hall–Kier alpha value is -2.84. The molecule has 1 aliphatic rings. The number of benzene rings is 2. The molecule has 166 valence electrons. The number of hydrazine groups is 1. The number of hydrogen-bond donors (Lipinski definition) is 3. The fourth-order valence-electron chi connectivity index (χ4n) is 3.41. The van der Waals surface area contributed by atoms with Crippen molar-refractivity contribution < 1.29 is 13.2 Å². The molecule has 7 nitrogen and oxygen atoms in total. The van der Waals surface area contributed by atoms with E-state index in [1.165, 1.54) is 12.1 Å². The van der Waals surface area contributed by atoms with E-state index in [9.17, 15) is 13.2 Å². The number of nitrogens with one attached hydrogen (secondary N) is 3. The number of carbonyl (C=O) groups is 1. The molecule has 0 aliphatic carbocycles. The fourth-order valence-corrected chi connectivity index (χ4v) is 4.59. The Morgan fingerprint density at radius 2 is 1.87 bits per heavy atom. The SMILES string of the molecule is Cc1ccc(NS(=O)(=O)c2cccc(C(=O)NNC3=CCN(C(C)C)CC3)c2)c(C)c1. The zero-order valence-electron chi connectivity index (χ0n) is 18.4. The van der Waals surface area contributed by atoms with Crippen LogP contribution in [-0.4, -0.2) is 38.4 Å². The molecule has 1 aliphatic heterocycles. The molecule has 8 heteroatoms. The Morgan fingerprint density at radius 3 is 2.52 bits per heavy atom. The first-order valence-corrected chi connectivity index (χ1v) is 11.8. The number of carbonyl (C=O) groups excluding carboxylic acids is 1. The number of aryl methyl sites for hydroxylation is 2. The Morgan fingerprint density at radius 1 is 1.10 bits per heavy atom. The monoisotopic (exact) mass is 442 g/mol. The molecule has 0 atom stereocenters. The van der Waals surface area contributed by atoms with E-state index in [1.807, 2.05) is 26.0 Å². The number of rotatable bonds is 7. The van der Waals surface area contributed by atoms with Crippen LogP contribution in [0.3, 0.4) is 0 Å². The molecule has 0 unspecified atom stereocenters. The molecule has 0 spiro atoms. The van der Waals surface area contributed by atoms with Crippen molar-refractivity contribution in [3.8, 4) is 0 Å². The van der Waals surface area contributed by atoms with Crippen LogP contribution in [0.5, 0.6) is 0 Å². The van der Waals surface area contributed by atoms with E-state index in [2.05, 4.69) is 40.4 Å². The van der Waals surface area contributed by atoms with Gasteiger partial charge in [0.05, 0.1) is 10.6 Å². The minimum atomic E-state index is -3.82. The quantitative estimate of drug-likeness (QED) is 0.572. The zero-order chi connectivity index (χ0) is 22.6. The topological polar surface area (TPSA) is 90.5 Å². The molecular formula is C23H30N4O3S. The van der Waals surface area contributed by atoms with E-state index in [1.54, 1.807) is 18.2 Å². The highest BCUT2D eigenvalue weighted by molar-refractivity contribution is 7.92. The first-order chi connectivity index (χ1) is 14.7. The predicted octanol–water partition coefficient (Wildman–Crippen LogP) is 3.34.